The second kappa shape index (κ2) is 11.2. The van der Waals surface area contributed by atoms with Crippen LogP contribution >= 0.6 is 0 Å². The molecule has 2 aliphatic heterocycles. The van der Waals surface area contributed by atoms with Gasteiger partial charge in [-0.25, -0.2) is 4.79 Å². The average molecular weight is 529 g/mol. The van der Waals surface area contributed by atoms with Crippen LogP contribution in [0.1, 0.15) is 35.0 Å². The third kappa shape index (κ3) is 5.31. The zero-order chi connectivity index (χ0) is 27.4. The summed E-state index contributed by atoms with van der Waals surface area (Å²) in [6, 6.07) is 18.8. The number of hydrogen-bond donors (Lipinski definition) is 3. The topological polar surface area (TPSA) is 125 Å². The van der Waals surface area contributed by atoms with Gasteiger partial charge in [-0.1, -0.05) is 30.3 Å². The Labute approximate surface area is 227 Å². The van der Waals surface area contributed by atoms with E-state index >= 15 is 0 Å². The highest BCUT2D eigenvalue weighted by atomic mass is 16.5. The molecule has 1 amide bonds. The molecule has 0 saturated carbocycles. The predicted molar refractivity (Wildman–Crippen MR) is 147 cm³/mol. The van der Waals surface area contributed by atoms with Crippen LogP contribution in [0.15, 0.2) is 72.6 Å². The maximum atomic E-state index is 12.7. The Kier molecular flexibility index (Phi) is 7.51. The fraction of sp³-hybridized carbons (Fsp3) is 0.300. The molecule has 1 saturated heterocycles. The van der Waals surface area contributed by atoms with Gasteiger partial charge in [-0.05, 0) is 56.2 Å². The molecular weight excluding hydrogens is 496 g/mol. The van der Waals surface area contributed by atoms with Crippen molar-refractivity contribution in [1.29, 1.82) is 0 Å². The first kappa shape index (κ1) is 26.2. The number of esters is 1. The van der Waals surface area contributed by atoms with Crippen molar-refractivity contribution in [2.75, 3.05) is 31.7 Å². The number of rotatable bonds is 9. The summed E-state index contributed by atoms with van der Waals surface area (Å²) in [5.41, 5.74) is 10.4. The first-order valence-corrected chi connectivity index (χ1v) is 13.0. The molecular formula is C30H32N4O5. The number of anilines is 1. The highest BCUT2D eigenvalue weighted by Crippen LogP contribution is 2.45. The van der Waals surface area contributed by atoms with Crippen molar-refractivity contribution in [3.63, 3.8) is 0 Å². The lowest BCUT2D eigenvalue weighted by Gasteiger charge is -2.19. The minimum atomic E-state index is -0.633. The minimum Gasteiger partial charge on any atom is -0.487 e. The zero-order valence-electron chi connectivity index (χ0n) is 22.0. The van der Waals surface area contributed by atoms with Crippen LogP contribution in [0.2, 0.25) is 0 Å². The van der Waals surface area contributed by atoms with Crippen LogP contribution in [0.4, 0.5) is 5.69 Å². The normalized spacial score (nSPS) is 20.0. The van der Waals surface area contributed by atoms with Crippen molar-refractivity contribution >= 4 is 17.6 Å². The third-order valence-corrected chi connectivity index (χ3v) is 7.04. The van der Waals surface area contributed by atoms with Crippen LogP contribution in [-0.4, -0.2) is 49.3 Å². The van der Waals surface area contributed by atoms with E-state index in [2.05, 4.69) is 15.6 Å². The number of nitrogens with one attached hydrogen (secondary N) is 2. The molecule has 1 fully saturated rings. The zero-order valence-corrected chi connectivity index (χ0v) is 22.0. The summed E-state index contributed by atoms with van der Waals surface area (Å²) >= 11 is 0. The highest BCUT2D eigenvalue weighted by Gasteiger charge is 2.52. The van der Waals surface area contributed by atoms with Gasteiger partial charge in [0.25, 0.3) is 0 Å². The molecule has 1 spiro atoms. The fourth-order valence-electron chi connectivity index (χ4n) is 5.08. The predicted octanol–water partition coefficient (Wildman–Crippen LogP) is 3.68. The van der Waals surface area contributed by atoms with Crippen LogP contribution in [0.25, 0.3) is 11.3 Å². The molecule has 2 atom stereocenters. The van der Waals surface area contributed by atoms with Gasteiger partial charge in [-0.3, -0.25) is 9.78 Å². The lowest BCUT2D eigenvalue weighted by atomic mass is 9.79. The van der Waals surface area contributed by atoms with Crippen molar-refractivity contribution in [3.8, 4) is 17.0 Å². The lowest BCUT2D eigenvalue weighted by molar-refractivity contribution is -0.120. The number of pyridine rings is 1. The van der Waals surface area contributed by atoms with E-state index in [1.54, 1.807) is 32.2 Å². The molecule has 4 N–H and O–H groups in total. The second-order valence-electron chi connectivity index (χ2n) is 9.68. The van der Waals surface area contributed by atoms with Crippen molar-refractivity contribution < 1.29 is 23.8 Å². The number of carbonyl (C=O) groups is 2. The highest BCUT2D eigenvalue weighted by molar-refractivity contribution is 6.06. The molecule has 2 aromatic carbocycles. The maximum absolute atomic E-state index is 12.7. The fourth-order valence-corrected chi connectivity index (χ4v) is 5.08. The first-order chi connectivity index (χ1) is 18.9. The smallest absolute Gasteiger partial charge is 0.339 e. The summed E-state index contributed by atoms with van der Waals surface area (Å²) in [5.74, 6) is 0.226. The maximum Gasteiger partial charge on any atom is 0.339 e. The van der Waals surface area contributed by atoms with E-state index in [1.807, 2.05) is 48.5 Å². The standard InChI is InChI=1S/C30H32N4O5/c1-3-37-28(35)22-12-13-25(33-19(22)2)23-8-4-7-11-27(23)38-17-20(31)15-32-16-21-14-30(18-39-21)24-9-5-6-10-26(24)34-29(30)36/h4-13,15,21,32H,3,14,16-18,31H2,1-2H3,(H,34,36)/b20-15-. The molecule has 2 aliphatic rings. The minimum absolute atomic E-state index is 0.00598. The number of nitrogens with two attached hydrogens (primary N) is 1. The van der Waals surface area contributed by atoms with Crippen molar-refractivity contribution in [2.24, 2.45) is 5.73 Å². The van der Waals surface area contributed by atoms with Gasteiger partial charge in [-0.15, -0.1) is 0 Å². The molecule has 2 unspecified atom stereocenters. The largest absolute Gasteiger partial charge is 0.487 e. The molecule has 0 aliphatic carbocycles. The number of amides is 1. The van der Waals surface area contributed by atoms with E-state index in [9.17, 15) is 9.59 Å². The van der Waals surface area contributed by atoms with E-state index in [-0.39, 0.29) is 18.6 Å². The van der Waals surface area contributed by atoms with Gasteiger partial charge in [0.1, 0.15) is 17.8 Å². The number of ether oxygens (including phenoxy) is 3. The van der Waals surface area contributed by atoms with Gasteiger partial charge in [0.2, 0.25) is 5.91 Å². The quantitative estimate of drug-likeness (QED) is 0.359. The molecule has 39 heavy (non-hydrogen) atoms. The summed E-state index contributed by atoms with van der Waals surface area (Å²) in [7, 11) is 0. The van der Waals surface area contributed by atoms with E-state index in [0.29, 0.717) is 54.6 Å². The molecule has 202 valence electrons. The number of aromatic nitrogens is 1. The van der Waals surface area contributed by atoms with E-state index < -0.39 is 11.4 Å². The molecule has 0 radical (unpaired) electrons. The Balaban J connectivity index is 1.18. The average Bonchev–Trinajstić information content (AvgIpc) is 3.49. The Morgan fingerprint density at radius 3 is 2.82 bits per heavy atom. The summed E-state index contributed by atoms with van der Waals surface area (Å²) < 4.78 is 17.1. The van der Waals surface area contributed by atoms with Crippen LogP contribution in [-0.2, 0) is 19.7 Å². The van der Waals surface area contributed by atoms with E-state index in [1.165, 1.54) is 0 Å². The van der Waals surface area contributed by atoms with Gasteiger partial charge in [0.15, 0.2) is 0 Å². The van der Waals surface area contributed by atoms with E-state index in [0.717, 1.165) is 16.8 Å². The summed E-state index contributed by atoms with van der Waals surface area (Å²) in [6.45, 7) is 4.89. The van der Waals surface area contributed by atoms with Gasteiger partial charge in [0, 0.05) is 24.0 Å². The van der Waals surface area contributed by atoms with Crippen LogP contribution in [0.5, 0.6) is 5.75 Å². The van der Waals surface area contributed by atoms with Gasteiger partial charge < -0.3 is 30.6 Å². The summed E-state index contributed by atoms with van der Waals surface area (Å²) in [6.07, 6.45) is 2.18. The monoisotopic (exact) mass is 528 g/mol. The van der Waals surface area contributed by atoms with E-state index in [4.69, 9.17) is 19.9 Å². The van der Waals surface area contributed by atoms with Crippen LogP contribution in [0, 0.1) is 6.92 Å². The Bertz CT molecular complexity index is 1420. The second-order valence-corrected chi connectivity index (χ2v) is 9.68. The molecule has 1 aromatic heterocycles. The number of para-hydroxylation sites is 2. The van der Waals surface area contributed by atoms with Gasteiger partial charge >= 0.3 is 5.97 Å². The van der Waals surface area contributed by atoms with Crippen LogP contribution < -0.4 is 21.1 Å². The number of hydrogen-bond acceptors (Lipinski definition) is 8. The molecule has 3 heterocycles. The van der Waals surface area contributed by atoms with Crippen molar-refractivity contribution in [1.82, 2.24) is 10.3 Å². The number of aryl methyl sites for hydroxylation is 1. The number of carbonyl (C=O) groups excluding carboxylic acids is 2. The molecule has 0 bridgehead atoms. The molecule has 9 nitrogen and oxygen atoms in total. The van der Waals surface area contributed by atoms with Crippen molar-refractivity contribution in [3.05, 3.63) is 89.4 Å². The summed E-state index contributed by atoms with van der Waals surface area (Å²) in [5, 5.41) is 6.19. The van der Waals surface area contributed by atoms with Gasteiger partial charge in [0.05, 0.1) is 42.0 Å². The first-order valence-electron chi connectivity index (χ1n) is 13.0. The molecule has 9 heteroatoms. The Morgan fingerprint density at radius 1 is 1.21 bits per heavy atom. The Hall–Kier alpha value is -4.37. The van der Waals surface area contributed by atoms with Crippen molar-refractivity contribution in [2.45, 2.75) is 31.8 Å². The molecule has 3 aromatic rings. The summed E-state index contributed by atoms with van der Waals surface area (Å²) in [4.78, 5) is 29.5. The van der Waals surface area contributed by atoms with Crippen LogP contribution in [0.3, 0.4) is 0 Å². The number of benzene rings is 2. The number of nitrogens with zero attached hydrogens (tertiary/aromatic N) is 1. The SMILES string of the molecule is CCOC(=O)c1ccc(-c2ccccc2OC/C(N)=C/NCC2CC3(CO2)C(=O)Nc2ccccc23)nc1C. The third-order valence-electron chi connectivity index (χ3n) is 7.04. The number of fused-ring (bicyclic) bond motifs is 2. The Morgan fingerprint density at radius 2 is 2.00 bits per heavy atom. The van der Waals surface area contributed by atoms with Gasteiger partial charge in [-0.2, -0.15) is 0 Å². The molecule has 5 rings (SSSR count). The lowest BCUT2D eigenvalue weighted by Crippen LogP contribution is -2.35.